The minimum Gasteiger partial charge on any atom is -0.381 e. The molecule has 0 atom stereocenters. The molecule has 1 heterocycles. The third-order valence-corrected chi connectivity index (χ3v) is 3.85. The van der Waals surface area contributed by atoms with Crippen LogP contribution in [0.5, 0.6) is 0 Å². The monoisotopic (exact) mass is 209 g/mol. The molecule has 1 aromatic heterocycles. The Morgan fingerprint density at radius 3 is 2.71 bits per heavy atom. The number of hydrogen-bond acceptors (Lipinski definition) is 4. The van der Waals surface area contributed by atoms with Crippen molar-refractivity contribution in [1.29, 1.82) is 0 Å². The Balaban J connectivity index is 1.88. The summed E-state index contributed by atoms with van der Waals surface area (Å²) in [5, 5.41) is 0.888. The lowest BCUT2D eigenvalue weighted by Gasteiger charge is -2.07. The van der Waals surface area contributed by atoms with Gasteiger partial charge in [0.05, 0.1) is 0 Å². The standard InChI is InChI=1S/C10H15N3S/c11-9-10(13-6-5-12-9)14-7-8-3-1-2-4-8/h5-6,8H,1-4,7H2,(H2,11,12). The lowest BCUT2D eigenvalue weighted by Crippen LogP contribution is -2.00. The minimum atomic E-state index is 0.565. The van der Waals surface area contributed by atoms with Gasteiger partial charge in [-0.3, -0.25) is 0 Å². The fourth-order valence-electron chi connectivity index (χ4n) is 1.82. The normalized spacial score (nSPS) is 17.4. The van der Waals surface area contributed by atoms with Crippen LogP contribution in [0.3, 0.4) is 0 Å². The first-order valence-corrected chi connectivity index (χ1v) is 6.04. The Morgan fingerprint density at radius 2 is 2.00 bits per heavy atom. The van der Waals surface area contributed by atoms with E-state index in [1.807, 2.05) is 0 Å². The van der Waals surface area contributed by atoms with Crippen LogP contribution >= 0.6 is 11.8 Å². The zero-order valence-electron chi connectivity index (χ0n) is 8.15. The fourth-order valence-corrected chi connectivity index (χ4v) is 2.88. The van der Waals surface area contributed by atoms with Gasteiger partial charge in [0, 0.05) is 18.1 Å². The average Bonchev–Trinajstić information content (AvgIpc) is 2.69. The first-order chi connectivity index (χ1) is 6.86. The molecule has 1 aliphatic carbocycles. The van der Waals surface area contributed by atoms with Crippen LogP contribution in [0.25, 0.3) is 0 Å². The van der Waals surface area contributed by atoms with Gasteiger partial charge in [0.1, 0.15) is 5.03 Å². The van der Waals surface area contributed by atoms with Crippen molar-refractivity contribution in [3.8, 4) is 0 Å². The summed E-state index contributed by atoms with van der Waals surface area (Å²) in [6.45, 7) is 0. The van der Waals surface area contributed by atoms with Gasteiger partial charge in [-0.05, 0) is 18.8 Å². The predicted molar refractivity (Wildman–Crippen MR) is 59.1 cm³/mol. The number of hydrogen-bond donors (Lipinski definition) is 1. The Labute approximate surface area is 88.5 Å². The molecule has 1 aliphatic rings. The zero-order valence-corrected chi connectivity index (χ0v) is 8.96. The predicted octanol–water partition coefficient (Wildman–Crippen LogP) is 2.34. The Morgan fingerprint density at radius 1 is 1.29 bits per heavy atom. The summed E-state index contributed by atoms with van der Waals surface area (Å²) in [6, 6.07) is 0. The lowest BCUT2D eigenvalue weighted by molar-refractivity contribution is 0.623. The van der Waals surface area contributed by atoms with Crippen LogP contribution in [0, 0.1) is 5.92 Å². The number of nitrogens with zero attached hydrogens (tertiary/aromatic N) is 2. The molecule has 2 rings (SSSR count). The van der Waals surface area contributed by atoms with E-state index < -0.39 is 0 Å². The molecule has 0 radical (unpaired) electrons. The van der Waals surface area contributed by atoms with E-state index in [2.05, 4.69) is 9.97 Å². The van der Waals surface area contributed by atoms with Gasteiger partial charge in [-0.1, -0.05) is 12.8 Å². The molecule has 0 aromatic carbocycles. The molecule has 0 bridgehead atoms. The van der Waals surface area contributed by atoms with Crippen molar-refractivity contribution < 1.29 is 0 Å². The molecule has 0 spiro atoms. The third-order valence-electron chi connectivity index (χ3n) is 2.62. The molecule has 4 heteroatoms. The van der Waals surface area contributed by atoms with Crippen LogP contribution in [-0.4, -0.2) is 15.7 Å². The molecule has 76 valence electrons. The van der Waals surface area contributed by atoms with Crippen LogP contribution in [0.2, 0.25) is 0 Å². The topological polar surface area (TPSA) is 51.8 Å². The van der Waals surface area contributed by atoms with Crippen molar-refractivity contribution in [2.75, 3.05) is 11.5 Å². The molecule has 1 saturated carbocycles. The number of nitrogens with two attached hydrogens (primary N) is 1. The van der Waals surface area contributed by atoms with E-state index in [9.17, 15) is 0 Å². The Kier molecular flexibility index (Phi) is 3.24. The van der Waals surface area contributed by atoms with E-state index in [0.29, 0.717) is 5.82 Å². The van der Waals surface area contributed by atoms with Gasteiger partial charge in [-0.15, -0.1) is 11.8 Å². The van der Waals surface area contributed by atoms with Crippen molar-refractivity contribution in [2.24, 2.45) is 5.92 Å². The Hall–Kier alpha value is -0.770. The molecule has 1 fully saturated rings. The summed E-state index contributed by atoms with van der Waals surface area (Å²) in [5.74, 6) is 2.57. The highest BCUT2D eigenvalue weighted by Crippen LogP contribution is 2.31. The van der Waals surface area contributed by atoms with E-state index >= 15 is 0 Å². The van der Waals surface area contributed by atoms with Gasteiger partial charge >= 0.3 is 0 Å². The fraction of sp³-hybridized carbons (Fsp3) is 0.600. The van der Waals surface area contributed by atoms with Crippen molar-refractivity contribution >= 4 is 17.6 Å². The summed E-state index contributed by atoms with van der Waals surface area (Å²) in [4.78, 5) is 8.23. The minimum absolute atomic E-state index is 0.565. The molecule has 1 aromatic rings. The molecule has 2 N–H and O–H groups in total. The molecule has 0 amide bonds. The van der Waals surface area contributed by atoms with Crippen LogP contribution in [0.15, 0.2) is 17.4 Å². The highest BCUT2D eigenvalue weighted by molar-refractivity contribution is 7.99. The molecule has 0 unspecified atom stereocenters. The first kappa shape index (κ1) is 9.77. The van der Waals surface area contributed by atoms with Crippen molar-refractivity contribution in [2.45, 2.75) is 30.7 Å². The quantitative estimate of drug-likeness (QED) is 0.776. The number of rotatable bonds is 3. The first-order valence-electron chi connectivity index (χ1n) is 5.05. The van der Waals surface area contributed by atoms with E-state index in [4.69, 9.17) is 5.73 Å². The summed E-state index contributed by atoms with van der Waals surface area (Å²) in [7, 11) is 0. The van der Waals surface area contributed by atoms with Crippen molar-refractivity contribution in [3.63, 3.8) is 0 Å². The number of anilines is 1. The highest BCUT2D eigenvalue weighted by atomic mass is 32.2. The number of aromatic nitrogens is 2. The summed E-state index contributed by atoms with van der Waals surface area (Å²) in [6.07, 6.45) is 8.85. The zero-order chi connectivity index (χ0) is 9.80. The summed E-state index contributed by atoms with van der Waals surface area (Å²) >= 11 is 1.75. The van der Waals surface area contributed by atoms with E-state index in [-0.39, 0.29) is 0 Å². The van der Waals surface area contributed by atoms with Gasteiger partial charge in [-0.2, -0.15) is 0 Å². The van der Waals surface area contributed by atoms with Crippen LogP contribution < -0.4 is 5.73 Å². The molecule has 14 heavy (non-hydrogen) atoms. The molecule has 0 saturated heterocycles. The summed E-state index contributed by atoms with van der Waals surface area (Å²) < 4.78 is 0. The third kappa shape index (κ3) is 2.38. The number of nitrogen functional groups attached to an aromatic ring is 1. The maximum absolute atomic E-state index is 5.71. The second-order valence-electron chi connectivity index (χ2n) is 3.71. The van der Waals surface area contributed by atoms with Crippen LogP contribution in [-0.2, 0) is 0 Å². The van der Waals surface area contributed by atoms with Crippen LogP contribution in [0.4, 0.5) is 5.82 Å². The van der Waals surface area contributed by atoms with E-state index in [1.54, 1.807) is 24.2 Å². The lowest BCUT2D eigenvalue weighted by atomic mass is 10.1. The van der Waals surface area contributed by atoms with Crippen molar-refractivity contribution in [3.05, 3.63) is 12.4 Å². The SMILES string of the molecule is Nc1nccnc1SCC1CCCC1. The largest absolute Gasteiger partial charge is 0.381 e. The molecule has 3 nitrogen and oxygen atoms in total. The van der Waals surface area contributed by atoms with E-state index in [1.165, 1.54) is 25.7 Å². The second kappa shape index (κ2) is 4.64. The van der Waals surface area contributed by atoms with Crippen molar-refractivity contribution in [1.82, 2.24) is 9.97 Å². The van der Waals surface area contributed by atoms with Gasteiger partial charge in [0.25, 0.3) is 0 Å². The van der Waals surface area contributed by atoms with E-state index in [0.717, 1.165) is 16.7 Å². The highest BCUT2D eigenvalue weighted by Gasteiger charge is 2.15. The van der Waals surface area contributed by atoms with Gasteiger partial charge < -0.3 is 5.73 Å². The maximum atomic E-state index is 5.71. The van der Waals surface area contributed by atoms with Crippen LogP contribution in [0.1, 0.15) is 25.7 Å². The number of thioether (sulfide) groups is 1. The molecular weight excluding hydrogens is 194 g/mol. The van der Waals surface area contributed by atoms with Gasteiger partial charge in [0.2, 0.25) is 0 Å². The second-order valence-corrected chi connectivity index (χ2v) is 4.72. The maximum Gasteiger partial charge on any atom is 0.156 e. The van der Waals surface area contributed by atoms with Gasteiger partial charge in [-0.25, -0.2) is 9.97 Å². The molecule has 0 aliphatic heterocycles. The smallest absolute Gasteiger partial charge is 0.156 e. The average molecular weight is 209 g/mol. The van der Waals surface area contributed by atoms with Gasteiger partial charge in [0.15, 0.2) is 5.82 Å². The Bertz CT molecular complexity index is 297. The molecular formula is C10H15N3S. The summed E-state index contributed by atoms with van der Waals surface area (Å²) in [5.41, 5.74) is 5.71.